The number of hydrogen-bond acceptors (Lipinski definition) is 5. The van der Waals surface area contributed by atoms with Crippen LogP contribution in [0.4, 0.5) is 14.9 Å². The summed E-state index contributed by atoms with van der Waals surface area (Å²) < 4.78 is 25.6. The van der Waals surface area contributed by atoms with E-state index in [-0.39, 0.29) is 36.2 Å². The second-order valence-corrected chi connectivity index (χ2v) is 8.12. The van der Waals surface area contributed by atoms with Crippen molar-refractivity contribution < 1.29 is 18.7 Å². The Morgan fingerprint density at radius 3 is 2.54 bits per heavy atom. The first-order valence-corrected chi connectivity index (χ1v) is 10.5. The largest absolute Gasteiger partial charge is 0.446 e. The van der Waals surface area contributed by atoms with Gasteiger partial charge in [-0.3, -0.25) is 0 Å². The monoisotopic (exact) mass is 391 g/mol. The van der Waals surface area contributed by atoms with Crippen LogP contribution in [0.1, 0.15) is 38.5 Å². The van der Waals surface area contributed by atoms with E-state index in [1.807, 2.05) is 12.1 Å². The van der Waals surface area contributed by atoms with Crippen LogP contribution in [0, 0.1) is 5.82 Å². The number of nitrogens with two attached hydrogens (primary N) is 1. The Labute approximate surface area is 165 Å². The number of anilines is 1. The molecule has 0 bridgehead atoms. The van der Waals surface area contributed by atoms with Gasteiger partial charge in [0.15, 0.2) is 0 Å². The summed E-state index contributed by atoms with van der Waals surface area (Å²) in [6, 6.07) is 6.67. The van der Waals surface area contributed by atoms with Gasteiger partial charge in [-0.05, 0) is 50.7 Å². The second-order valence-electron chi connectivity index (χ2n) is 8.12. The normalized spacial score (nSPS) is 26.4. The van der Waals surface area contributed by atoms with Gasteiger partial charge in [0.1, 0.15) is 11.9 Å². The maximum absolute atomic E-state index is 14.0. The number of nitrogens with zero attached hydrogens (tertiary/aromatic N) is 2. The number of benzene rings is 1. The zero-order valence-corrected chi connectivity index (χ0v) is 16.3. The predicted octanol–water partition coefficient (Wildman–Crippen LogP) is 2.90. The van der Waals surface area contributed by atoms with Gasteiger partial charge in [0.05, 0.1) is 24.4 Å². The fraction of sp³-hybridized carbons (Fsp3) is 0.667. The molecule has 4 rings (SSSR count). The summed E-state index contributed by atoms with van der Waals surface area (Å²) in [6.45, 7) is 2.63. The first-order chi connectivity index (χ1) is 13.6. The van der Waals surface area contributed by atoms with Gasteiger partial charge in [0.25, 0.3) is 0 Å². The molecule has 2 N–H and O–H groups in total. The van der Waals surface area contributed by atoms with Gasteiger partial charge in [-0.25, -0.2) is 9.18 Å². The van der Waals surface area contributed by atoms with Crippen LogP contribution in [0.3, 0.4) is 0 Å². The molecular weight excluding hydrogens is 361 g/mol. The van der Waals surface area contributed by atoms with Crippen molar-refractivity contribution in [1.29, 1.82) is 0 Å². The minimum atomic E-state index is -0.249. The van der Waals surface area contributed by atoms with E-state index in [1.54, 1.807) is 11.0 Å². The summed E-state index contributed by atoms with van der Waals surface area (Å²) in [7, 11) is 0. The van der Waals surface area contributed by atoms with Crippen molar-refractivity contribution in [2.24, 2.45) is 5.73 Å². The predicted molar refractivity (Wildman–Crippen MR) is 105 cm³/mol. The maximum atomic E-state index is 14.0. The number of halogens is 1. The number of carbonyl (C=O) groups is 1. The minimum absolute atomic E-state index is 0.0843. The van der Waals surface area contributed by atoms with Crippen molar-refractivity contribution in [3.63, 3.8) is 0 Å². The van der Waals surface area contributed by atoms with Gasteiger partial charge < -0.3 is 25.0 Å². The molecule has 1 saturated carbocycles. The Kier molecular flexibility index (Phi) is 6.01. The number of ether oxygens (including phenoxy) is 2. The fourth-order valence-electron chi connectivity index (χ4n) is 4.13. The zero-order chi connectivity index (χ0) is 19.5. The van der Waals surface area contributed by atoms with Crippen LogP contribution < -0.4 is 10.6 Å². The van der Waals surface area contributed by atoms with Crippen LogP contribution in [0.15, 0.2) is 24.3 Å². The van der Waals surface area contributed by atoms with Crippen molar-refractivity contribution >= 4 is 11.8 Å². The molecule has 1 amide bonds. The maximum Gasteiger partial charge on any atom is 0.410 e. The lowest BCUT2D eigenvalue weighted by atomic mass is 9.98. The third-order valence-electron chi connectivity index (χ3n) is 6.00. The van der Waals surface area contributed by atoms with Crippen LogP contribution >= 0.6 is 0 Å². The third-order valence-corrected chi connectivity index (χ3v) is 6.00. The summed E-state index contributed by atoms with van der Waals surface area (Å²) >= 11 is 0. The fourth-order valence-corrected chi connectivity index (χ4v) is 4.13. The highest BCUT2D eigenvalue weighted by Gasteiger charge is 2.37. The summed E-state index contributed by atoms with van der Waals surface area (Å²) in [4.78, 5) is 16.3. The molecule has 1 aromatic rings. The van der Waals surface area contributed by atoms with Gasteiger partial charge in [0, 0.05) is 25.7 Å². The van der Waals surface area contributed by atoms with Gasteiger partial charge in [-0.2, -0.15) is 0 Å². The van der Waals surface area contributed by atoms with Crippen molar-refractivity contribution in [3.8, 4) is 0 Å². The van der Waals surface area contributed by atoms with Gasteiger partial charge >= 0.3 is 6.09 Å². The Balaban J connectivity index is 1.28. The Hall–Kier alpha value is -1.86. The molecule has 28 heavy (non-hydrogen) atoms. The lowest BCUT2D eigenvalue weighted by molar-refractivity contribution is -0.0197. The Morgan fingerprint density at radius 2 is 1.82 bits per heavy atom. The van der Waals surface area contributed by atoms with E-state index in [2.05, 4.69) is 4.90 Å². The van der Waals surface area contributed by atoms with Crippen LogP contribution in [0.2, 0.25) is 0 Å². The topological polar surface area (TPSA) is 68.0 Å². The smallest absolute Gasteiger partial charge is 0.410 e. The molecule has 7 heteroatoms. The van der Waals surface area contributed by atoms with Crippen molar-refractivity contribution in [2.75, 3.05) is 31.1 Å². The quantitative estimate of drug-likeness (QED) is 0.836. The van der Waals surface area contributed by atoms with Crippen molar-refractivity contribution in [2.45, 2.75) is 62.8 Å². The number of hydrogen-bond donors (Lipinski definition) is 1. The average molecular weight is 391 g/mol. The molecule has 2 saturated heterocycles. The average Bonchev–Trinajstić information content (AvgIpc) is 3.52. The van der Waals surface area contributed by atoms with Gasteiger partial charge in [-0.15, -0.1) is 0 Å². The van der Waals surface area contributed by atoms with E-state index in [0.29, 0.717) is 18.8 Å². The van der Waals surface area contributed by atoms with Crippen molar-refractivity contribution in [3.05, 3.63) is 30.1 Å². The summed E-state index contributed by atoms with van der Waals surface area (Å²) in [6.07, 6.45) is 5.35. The zero-order valence-electron chi connectivity index (χ0n) is 16.3. The second kappa shape index (κ2) is 8.66. The number of carbonyl (C=O) groups excluding carboxylic acids is 1. The highest BCUT2D eigenvalue weighted by atomic mass is 19.1. The van der Waals surface area contributed by atoms with E-state index < -0.39 is 0 Å². The van der Waals surface area contributed by atoms with E-state index in [1.165, 1.54) is 6.07 Å². The van der Waals surface area contributed by atoms with Crippen LogP contribution in [0.5, 0.6) is 0 Å². The van der Waals surface area contributed by atoms with Crippen LogP contribution in [-0.4, -0.2) is 61.5 Å². The first kappa shape index (κ1) is 19.5. The summed E-state index contributed by atoms with van der Waals surface area (Å²) in [5, 5.41) is 0. The molecular formula is C21H30FN3O3. The van der Waals surface area contributed by atoms with E-state index in [0.717, 1.165) is 51.6 Å². The molecule has 0 aromatic heterocycles. The van der Waals surface area contributed by atoms with Gasteiger partial charge in [0.2, 0.25) is 0 Å². The van der Waals surface area contributed by atoms with Crippen LogP contribution in [0.25, 0.3) is 0 Å². The molecule has 6 nitrogen and oxygen atoms in total. The molecule has 2 heterocycles. The number of para-hydroxylation sites is 1. The molecule has 0 unspecified atom stereocenters. The molecule has 0 spiro atoms. The van der Waals surface area contributed by atoms with E-state index >= 15 is 0 Å². The minimum Gasteiger partial charge on any atom is -0.446 e. The lowest BCUT2D eigenvalue weighted by Crippen LogP contribution is -2.57. The standard InChI is InChI=1S/C21H30FN3O3/c22-17-4-1-2-6-19(17)24-12-9-15(10-13-24)27-14-20-18(23)5-3-11-25(20)21(26)28-16-7-8-16/h1-2,4,6,15-16,18,20H,3,5,7-14,23H2/t18-,20-/m0/s1. The Bertz CT molecular complexity index is 677. The number of piperidine rings is 2. The molecule has 0 radical (unpaired) electrons. The van der Waals surface area contributed by atoms with E-state index in [4.69, 9.17) is 15.2 Å². The van der Waals surface area contributed by atoms with E-state index in [9.17, 15) is 9.18 Å². The molecule has 1 aliphatic carbocycles. The molecule has 3 aliphatic rings. The molecule has 2 aliphatic heterocycles. The molecule has 154 valence electrons. The number of amides is 1. The first-order valence-electron chi connectivity index (χ1n) is 10.5. The SMILES string of the molecule is N[C@H]1CCCN(C(=O)OC2CC2)[C@H]1COC1CCN(c2ccccc2F)CC1. The lowest BCUT2D eigenvalue weighted by Gasteiger charge is -2.40. The van der Waals surface area contributed by atoms with Crippen molar-refractivity contribution in [1.82, 2.24) is 4.90 Å². The third kappa shape index (κ3) is 4.58. The van der Waals surface area contributed by atoms with Gasteiger partial charge in [-0.1, -0.05) is 12.1 Å². The highest BCUT2D eigenvalue weighted by Crippen LogP contribution is 2.27. The number of rotatable bonds is 5. The highest BCUT2D eigenvalue weighted by molar-refractivity contribution is 5.68. The molecule has 2 atom stereocenters. The Morgan fingerprint density at radius 1 is 1.07 bits per heavy atom. The van der Waals surface area contributed by atoms with Crippen LogP contribution in [-0.2, 0) is 9.47 Å². The molecule has 3 fully saturated rings. The summed E-state index contributed by atoms with van der Waals surface area (Å²) in [5.41, 5.74) is 6.96. The number of likely N-dealkylation sites (tertiary alicyclic amines) is 1. The molecule has 1 aromatic carbocycles. The summed E-state index contributed by atoms with van der Waals surface area (Å²) in [5.74, 6) is -0.181.